The fourth-order valence-electron chi connectivity index (χ4n) is 2.77. The molecular weight excluding hydrogens is 352 g/mol. The van der Waals surface area contributed by atoms with Crippen molar-refractivity contribution in [2.75, 3.05) is 12.4 Å². The molecule has 0 spiro atoms. The van der Waals surface area contributed by atoms with Gasteiger partial charge in [0.05, 0.1) is 27.9 Å². The Kier molecular flexibility index (Phi) is 3.93. The van der Waals surface area contributed by atoms with Crippen molar-refractivity contribution in [2.24, 2.45) is 0 Å². The zero-order chi connectivity index (χ0) is 18.3. The van der Waals surface area contributed by atoms with Gasteiger partial charge in [0, 0.05) is 23.2 Å². The number of aryl methyl sites for hydroxylation is 1. The Balaban J connectivity index is 1.73. The number of aromatic nitrogens is 1. The SMILES string of the molecule is COc1ccc2c(C(=O)Nc3ccc4nc(C)sc4c3)cc(=O)oc2c1. The van der Waals surface area contributed by atoms with Crippen molar-refractivity contribution < 1.29 is 13.9 Å². The summed E-state index contributed by atoms with van der Waals surface area (Å²) in [6.07, 6.45) is 0. The van der Waals surface area contributed by atoms with Gasteiger partial charge in [0.25, 0.3) is 5.91 Å². The number of anilines is 1. The third-order valence-corrected chi connectivity index (χ3v) is 4.88. The van der Waals surface area contributed by atoms with Gasteiger partial charge in [-0.3, -0.25) is 4.79 Å². The Morgan fingerprint density at radius 3 is 2.85 bits per heavy atom. The molecule has 7 heteroatoms. The maximum absolute atomic E-state index is 12.7. The van der Waals surface area contributed by atoms with Crippen molar-refractivity contribution >= 4 is 44.1 Å². The molecule has 0 atom stereocenters. The van der Waals surface area contributed by atoms with Crippen molar-refractivity contribution in [3.63, 3.8) is 0 Å². The molecule has 1 N–H and O–H groups in total. The zero-order valence-corrected chi connectivity index (χ0v) is 14.8. The number of nitrogens with zero attached hydrogens (tertiary/aromatic N) is 1. The predicted molar refractivity (Wildman–Crippen MR) is 101 cm³/mol. The van der Waals surface area contributed by atoms with Crippen molar-refractivity contribution in [1.82, 2.24) is 4.98 Å². The van der Waals surface area contributed by atoms with Crippen LogP contribution in [0.4, 0.5) is 5.69 Å². The minimum absolute atomic E-state index is 0.250. The number of carbonyl (C=O) groups excluding carboxylic acids is 1. The summed E-state index contributed by atoms with van der Waals surface area (Å²) in [7, 11) is 1.52. The number of thiazole rings is 1. The van der Waals surface area contributed by atoms with Gasteiger partial charge in [-0.2, -0.15) is 0 Å². The van der Waals surface area contributed by atoms with Gasteiger partial charge in [-0.25, -0.2) is 9.78 Å². The van der Waals surface area contributed by atoms with Gasteiger partial charge in [0.2, 0.25) is 0 Å². The van der Waals surface area contributed by atoms with E-state index in [4.69, 9.17) is 9.15 Å². The van der Waals surface area contributed by atoms with E-state index in [2.05, 4.69) is 10.3 Å². The number of rotatable bonds is 3. The second kappa shape index (κ2) is 6.27. The lowest BCUT2D eigenvalue weighted by atomic mass is 10.1. The second-order valence-corrected chi connectivity index (χ2v) is 6.95. The summed E-state index contributed by atoms with van der Waals surface area (Å²) in [5.74, 6) is 0.165. The van der Waals surface area contributed by atoms with E-state index in [0.717, 1.165) is 15.2 Å². The fraction of sp³-hybridized carbons (Fsp3) is 0.105. The highest BCUT2D eigenvalue weighted by Crippen LogP contribution is 2.26. The minimum Gasteiger partial charge on any atom is -0.497 e. The van der Waals surface area contributed by atoms with Crippen LogP contribution in [0.1, 0.15) is 15.4 Å². The number of hydrogen-bond donors (Lipinski definition) is 1. The Morgan fingerprint density at radius 2 is 2.04 bits per heavy atom. The van der Waals surface area contributed by atoms with E-state index in [0.29, 0.717) is 22.4 Å². The quantitative estimate of drug-likeness (QED) is 0.555. The summed E-state index contributed by atoms with van der Waals surface area (Å²) < 4.78 is 11.3. The molecule has 4 rings (SSSR count). The van der Waals surface area contributed by atoms with Gasteiger partial charge in [-0.1, -0.05) is 0 Å². The first-order valence-electron chi connectivity index (χ1n) is 7.84. The van der Waals surface area contributed by atoms with Crippen molar-refractivity contribution in [3.05, 3.63) is 63.5 Å². The Bertz CT molecular complexity index is 1210. The third kappa shape index (κ3) is 2.93. The molecule has 4 aromatic rings. The fourth-order valence-corrected chi connectivity index (χ4v) is 3.64. The molecule has 2 aromatic heterocycles. The highest BCUT2D eigenvalue weighted by Gasteiger charge is 2.14. The molecular formula is C19H14N2O4S. The van der Waals surface area contributed by atoms with Gasteiger partial charge in [0.1, 0.15) is 11.3 Å². The van der Waals surface area contributed by atoms with E-state index < -0.39 is 5.63 Å². The molecule has 0 saturated heterocycles. The molecule has 1 amide bonds. The number of nitrogens with one attached hydrogen (secondary N) is 1. The number of hydrogen-bond acceptors (Lipinski definition) is 6. The molecule has 2 heterocycles. The number of carbonyl (C=O) groups is 1. The summed E-state index contributed by atoms with van der Waals surface area (Å²) in [5, 5.41) is 4.34. The molecule has 0 aliphatic carbocycles. The zero-order valence-electron chi connectivity index (χ0n) is 14.0. The molecule has 0 bridgehead atoms. The molecule has 6 nitrogen and oxygen atoms in total. The smallest absolute Gasteiger partial charge is 0.337 e. The number of benzene rings is 2. The molecule has 130 valence electrons. The number of methoxy groups -OCH3 is 1. The first kappa shape index (κ1) is 16.3. The van der Waals surface area contributed by atoms with Crippen LogP contribution < -0.4 is 15.7 Å². The summed E-state index contributed by atoms with van der Waals surface area (Å²) in [5.41, 5.74) is 1.49. The number of fused-ring (bicyclic) bond motifs is 2. The van der Waals surface area contributed by atoms with Crippen molar-refractivity contribution in [2.45, 2.75) is 6.92 Å². The first-order chi connectivity index (χ1) is 12.5. The number of ether oxygens (including phenoxy) is 1. The molecule has 0 radical (unpaired) electrons. The van der Waals surface area contributed by atoms with Crippen LogP contribution in [0.15, 0.2) is 51.7 Å². The lowest BCUT2D eigenvalue weighted by molar-refractivity contribution is 0.102. The monoisotopic (exact) mass is 366 g/mol. The molecule has 0 unspecified atom stereocenters. The Labute approximate surface area is 152 Å². The molecule has 0 aliphatic heterocycles. The Hall–Kier alpha value is -3.19. The average molecular weight is 366 g/mol. The van der Waals surface area contributed by atoms with Gasteiger partial charge < -0.3 is 14.5 Å². The third-order valence-electron chi connectivity index (χ3n) is 3.95. The topological polar surface area (TPSA) is 81.4 Å². The molecule has 0 fully saturated rings. The lowest BCUT2D eigenvalue weighted by Gasteiger charge is -2.08. The summed E-state index contributed by atoms with van der Waals surface area (Å²) in [6.45, 7) is 1.94. The van der Waals surface area contributed by atoms with E-state index in [1.165, 1.54) is 13.2 Å². The molecule has 26 heavy (non-hydrogen) atoms. The normalized spacial score (nSPS) is 11.0. The van der Waals surface area contributed by atoms with Crippen LogP contribution in [-0.2, 0) is 0 Å². The summed E-state index contributed by atoms with van der Waals surface area (Å²) in [4.78, 5) is 29.0. The van der Waals surface area contributed by atoms with E-state index in [1.54, 1.807) is 35.6 Å². The predicted octanol–water partition coefficient (Wildman–Crippen LogP) is 3.97. The van der Waals surface area contributed by atoms with Crippen LogP contribution in [0, 0.1) is 6.92 Å². The van der Waals surface area contributed by atoms with Crippen LogP contribution in [0.25, 0.3) is 21.2 Å². The van der Waals surface area contributed by atoms with Crippen molar-refractivity contribution in [3.8, 4) is 5.75 Å². The van der Waals surface area contributed by atoms with E-state index in [9.17, 15) is 9.59 Å². The largest absolute Gasteiger partial charge is 0.497 e. The molecule has 2 aromatic carbocycles. The van der Waals surface area contributed by atoms with Gasteiger partial charge in [0.15, 0.2) is 0 Å². The summed E-state index contributed by atoms with van der Waals surface area (Å²) in [6, 6.07) is 11.7. The van der Waals surface area contributed by atoms with Crippen LogP contribution >= 0.6 is 11.3 Å². The van der Waals surface area contributed by atoms with E-state index in [-0.39, 0.29) is 11.5 Å². The van der Waals surface area contributed by atoms with E-state index >= 15 is 0 Å². The average Bonchev–Trinajstić information content (AvgIpc) is 2.99. The first-order valence-corrected chi connectivity index (χ1v) is 8.65. The highest BCUT2D eigenvalue weighted by atomic mass is 32.1. The molecule has 0 aliphatic rings. The maximum Gasteiger partial charge on any atom is 0.337 e. The minimum atomic E-state index is -0.593. The highest BCUT2D eigenvalue weighted by molar-refractivity contribution is 7.18. The van der Waals surface area contributed by atoms with Gasteiger partial charge in [-0.15, -0.1) is 11.3 Å². The lowest BCUT2D eigenvalue weighted by Crippen LogP contribution is -2.15. The summed E-state index contributed by atoms with van der Waals surface area (Å²) >= 11 is 1.56. The van der Waals surface area contributed by atoms with Gasteiger partial charge in [-0.05, 0) is 37.3 Å². The van der Waals surface area contributed by atoms with E-state index in [1.807, 2.05) is 19.1 Å². The standard InChI is InChI=1S/C19H14N2O4S/c1-10-20-15-6-3-11(7-17(15)26-10)21-19(23)14-9-18(22)25-16-8-12(24-2)4-5-13(14)16/h3-9H,1-2H3,(H,21,23). The van der Waals surface area contributed by atoms with Crippen LogP contribution in [-0.4, -0.2) is 18.0 Å². The molecule has 0 saturated carbocycles. The van der Waals surface area contributed by atoms with Gasteiger partial charge >= 0.3 is 5.63 Å². The number of amides is 1. The van der Waals surface area contributed by atoms with Crippen LogP contribution in [0.2, 0.25) is 0 Å². The maximum atomic E-state index is 12.7. The van der Waals surface area contributed by atoms with Crippen molar-refractivity contribution in [1.29, 1.82) is 0 Å². The second-order valence-electron chi connectivity index (χ2n) is 5.71. The van der Waals surface area contributed by atoms with Crippen LogP contribution in [0.5, 0.6) is 5.75 Å². The van der Waals surface area contributed by atoms with Crippen LogP contribution in [0.3, 0.4) is 0 Å². The Morgan fingerprint density at radius 1 is 1.19 bits per heavy atom.